The molecule has 0 aromatic heterocycles. The van der Waals surface area contributed by atoms with Crippen LogP contribution in [0, 0.1) is 0 Å². The zero-order valence-electron chi connectivity index (χ0n) is 15.2. The van der Waals surface area contributed by atoms with E-state index in [9.17, 15) is 9.59 Å². The van der Waals surface area contributed by atoms with Crippen molar-refractivity contribution in [3.63, 3.8) is 0 Å². The van der Waals surface area contributed by atoms with Gasteiger partial charge in [0.05, 0.1) is 18.2 Å². The van der Waals surface area contributed by atoms with Gasteiger partial charge in [-0.15, -0.1) is 0 Å². The second-order valence-corrected chi connectivity index (χ2v) is 6.15. The third-order valence-corrected chi connectivity index (χ3v) is 4.60. The Morgan fingerprint density at radius 2 is 1.69 bits per heavy atom. The summed E-state index contributed by atoms with van der Waals surface area (Å²) >= 11 is 0. The van der Waals surface area contributed by atoms with E-state index in [-0.39, 0.29) is 12.6 Å². The zero-order valence-corrected chi connectivity index (χ0v) is 15.2. The van der Waals surface area contributed by atoms with E-state index in [1.807, 2.05) is 54.6 Å². The third kappa shape index (κ3) is 3.33. The normalized spacial score (nSPS) is 17.1. The minimum absolute atomic E-state index is 0.243. The number of esters is 1. The molecule has 0 fully saturated rings. The Kier molecular flexibility index (Phi) is 5.07. The van der Waals surface area contributed by atoms with Crippen molar-refractivity contribution in [1.82, 2.24) is 10.2 Å². The number of carbonyl (C=O) groups excluding carboxylic acids is 2. The molecule has 1 aliphatic heterocycles. The van der Waals surface area contributed by atoms with Crippen molar-refractivity contribution >= 4 is 12.0 Å². The fourth-order valence-corrected chi connectivity index (χ4v) is 3.06. The van der Waals surface area contributed by atoms with Gasteiger partial charge in [-0.05, 0) is 30.5 Å². The maximum atomic E-state index is 12.5. The quantitative estimate of drug-likeness (QED) is 0.851. The lowest BCUT2D eigenvalue weighted by molar-refractivity contribution is -0.139. The van der Waals surface area contributed by atoms with Crippen molar-refractivity contribution in [2.45, 2.75) is 19.9 Å². The number of hydrogen-bond acceptors (Lipinski definition) is 3. The van der Waals surface area contributed by atoms with E-state index >= 15 is 0 Å². The highest BCUT2D eigenvalue weighted by Gasteiger charge is 2.34. The molecular weight excluding hydrogens is 328 g/mol. The Balaban J connectivity index is 1.98. The maximum absolute atomic E-state index is 12.5. The van der Waals surface area contributed by atoms with Crippen molar-refractivity contribution in [3.8, 4) is 11.1 Å². The highest BCUT2D eigenvalue weighted by atomic mass is 16.5. The van der Waals surface area contributed by atoms with Crippen molar-refractivity contribution in [1.29, 1.82) is 0 Å². The van der Waals surface area contributed by atoms with Gasteiger partial charge >= 0.3 is 12.0 Å². The van der Waals surface area contributed by atoms with Gasteiger partial charge in [0.15, 0.2) is 0 Å². The molecule has 3 rings (SSSR count). The lowest BCUT2D eigenvalue weighted by atomic mass is 9.93. The van der Waals surface area contributed by atoms with E-state index in [2.05, 4.69) is 5.32 Å². The molecule has 0 bridgehead atoms. The van der Waals surface area contributed by atoms with E-state index in [4.69, 9.17) is 4.74 Å². The first-order chi connectivity index (χ1) is 12.5. The predicted molar refractivity (Wildman–Crippen MR) is 100 cm³/mol. The first-order valence-corrected chi connectivity index (χ1v) is 8.60. The van der Waals surface area contributed by atoms with Gasteiger partial charge in [-0.1, -0.05) is 54.6 Å². The summed E-state index contributed by atoms with van der Waals surface area (Å²) in [6.45, 7) is 3.81. The average Bonchev–Trinajstić information content (AvgIpc) is 2.67. The molecule has 1 N–H and O–H groups in total. The molecule has 0 saturated carbocycles. The molecule has 1 atom stereocenters. The van der Waals surface area contributed by atoms with Crippen LogP contribution < -0.4 is 5.32 Å². The number of ether oxygens (including phenoxy) is 1. The molecule has 2 amide bonds. The minimum Gasteiger partial charge on any atom is -0.463 e. The molecule has 2 aromatic rings. The van der Waals surface area contributed by atoms with E-state index in [1.54, 1.807) is 20.9 Å². The number of amides is 2. The molecule has 1 aliphatic rings. The lowest BCUT2D eigenvalue weighted by Crippen LogP contribution is -2.46. The van der Waals surface area contributed by atoms with E-state index < -0.39 is 12.0 Å². The number of allylic oxidation sites excluding steroid dienone is 1. The van der Waals surface area contributed by atoms with Crippen molar-refractivity contribution < 1.29 is 14.3 Å². The van der Waals surface area contributed by atoms with E-state index in [1.165, 1.54) is 4.90 Å². The molecule has 0 radical (unpaired) electrons. The van der Waals surface area contributed by atoms with Gasteiger partial charge in [-0.2, -0.15) is 0 Å². The Hall–Kier alpha value is -3.08. The average molecular weight is 350 g/mol. The van der Waals surface area contributed by atoms with Crippen LogP contribution in [-0.4, -0.2) is 30.6 Å². The number of rotatable bonds is 4. The van der Waals surface area contributed by atoms with Gasteiger partial charge in [0.25, 0.3) is 0 Å². The summed E-state index contributed by atoms with van der Waals surface area (Å²) in [6.07, 6.45) is 0. The Morgan fingerprint density at radius 1 is 1.08 bits per heavy atom. The van der Waals surface area contributed by atoms with Gasteiger partial charge in [0, 0.05) is 12.7 Å². The molecule has 26 heavy (non-hydrogen) atoms. The number of hydrogen-bond donors (Lipinski definition) is 1. The Morgan fingerprint density at radius 3 is 2.31 bits per heavy atom. The number of nitrogens with zero attached hydrogens (tertiary/aromatic N) is 1. The molecule has 5 nitrogen and oxygen atoms in total. The predicted octanol–water partition coefficient (Wildman–Crippen LogP) is 3.89. The summed E-state index contributed by atoms with van der Waals surface area (Å²) in [7, 11) is 1.64. The van der Waals surface area contributed by atoms with Crippen LogP contribution in [0.5, 0.6) is 0 Å². The first-order valence-electron chi connectivity index (χ1n) is 8.60. The second-order valence-electron chi connectivity index (χ2n) is 6.15. The number of urea groups is 1. The van der Waals surface area contributed by atoms with Gasteiger partial charge in [-0.25, -0.2) is 9.59 Å². The zero-order chi connectivity index (χ0) is 18.7. The summed E-state index contributed by atoms with van der Waals surface area (Å²) < 4.78 is 5.21. The van der Waals surface area contributed by atoms with Crippen LogP contribution in [0.2, 0.25) is 0 Å². The monoisotopic (exact) mass is 350 g/mol. The summed E-state index contributed by atoms with van der Waals surface area (Å²) in [5, 5.41) is 2.89. The number of benzene rings is 2. The van der Waals surface area contributed by atoms with E-state index in [0.29, 0.717) is 11.3 Å². The van der Waals surface area contributed by atoms with Crippen molar-refractivity contribution in [3.05, 3.63) is 71.4 Å². The van der Waals surface area contributed by atoms with Crippen LogP contribution in [0.3, 0.4) is 0 Å². The molecule has 0 aliphatic carbocycles. The largest absolute Gasteiger partial charge is 0.463 e. The molecule has 5 heteroatoms. The van der Waals surface area contributed by atoms with Crippen molar-refractivity contribution in [2.24, 2.45) is 0 Å². The Labute approximate surface area is 153 Å². The molecule has 0 unspecified atom stereocenters. The molecule has 134 valence electrons. The topological polar surface area (TPSA) is 58.6 Å². The lowest BCUT2D eigenvalue weighted by Gasteiger charge is -2.33. The van der Waals surface area contributed by atoms with Crippen LogP contribution in [0.4, 0.5) is 4.79 Å². The van der Waals surface area contributed by atoms with Crippen molar-refractivity contribution in [2.75, 3.05) is 13.7 Å². The summed E-state index contributed by atoms with van der Waals surface area (Å²) in [5.74, 6) is -0.408. The van der Waals surface area contributed by atoms with Gasteiger partial charge in [0.2, 0.25) is 0 Å². The fraction of sp³-hybridized carbons (Fsp3) is 0.238. The number of nitrogens with one attached hydrogen (secondary N) is 1. The van der Waals surface area contributed by atoms with Crippen LogP contribution in [0.15, 0.2) is 65.9 Å². The van der Waals surface area contributed by atoms with E-state index in [0.717, 1.165) is 16.7 Å². The van der Waals surface area contributed by atoms with Crippen LogP contribution in [0.25, 0.3) is 11.1 Å². The highest BCUT2D eigenvalue weighted by Crippen LogP contribution is 2.31. The van der Waals surface area contributed by atoms with Crippen LogP contribution >= 0.6 is 0 Å². The summed E-state index contributed by atoms with van der Waals surface area (Å²) in [5.41, 5.74) is 4.09. The Bertz CT molecular complexity index is 841. The first kappa shape index (κ1) is 17.7. The van der Waals surface area contributed by atoms with Gasteiger partial charge in [-0.3, -0.25) is 0 Å². The molecule has 0 saturated heterocycles. The van der Waals surface area contributed by atoms with Gasteiger partial charge < -0.3 is 15.0 Å². The summed E-state index contributed by atoms with van der Waals surface area (Å²) in [6, 6.07) is 17.1. The molecule has 0 spiro atoms. The van der Waals surface area contributed by atoms with Gasteiger partial charge in [0.1, 0.15) is 0 Å². The SMILES string of the molecule is CCOC(=O)C1=C(C)N(C)C(=O)N[C@H]1c1ccc(-c2ccccc2)cc1. The highest BCUT2D eigenvalue weighted by molar-refractivity contribution is 5.95. The maximum Gasteiger partial charge on any atom is 0.338 e. The summed E-state index contributed by atoms with van der Waals surface area (Å²) in [4.78, 5) is 26.1. The fourth-order valence-electron chi connectivity index (χ4n) is 3.06. The minimum atomic E-state index is -0.525. The third-order valence-electron chi connectivity index (χ3n) is 4.60. The molecule has 1 heterocycles. The smallest absolute Gasteiger partial charge is 0.338 e. The molecular formula is C21H22N2O3. The standard InChI is InChI=1S/C21H22N2O3/c1-4-26-20(24)18-14(2)23(3)21(25)22-19(18)17-12-10-16(11-13-17)15-8-6-5-7-9-15/h5-13,19H,4H2,1-3H3,(H,22,25)/t19-/m0/s1. The van der Waals surface area contributed by atoms with Crippen LogP contribution in [-0.2, 0) is 9.53 Å². The number of carbonyl (C=O) groups is 2. The van der Waals surface area contributed by atoms with Crippen LogP contribution in [0.1, 0.15) is 25.5 Å². The molecule has 2 aromatic carbocycles. The second kappa shape index (κ2) is 7.44.